The third kappa shape index (κ3) is 78.0. The van der Waals surface area contributed by atoms with Gasteiger partial charge in [0.05, 0.1) is 26.4 Å². The number of ether oxygens (including phenoxy) is 4. The van der Waals surface area contributed by atoms with Crippen LogP contribution < -0.4 is 0 Å². The lowest BCUT2D eigenvalue weighted by Crippen LogP contribution is -2.30. The highest BCUT2D eigenvalue weighted by Crippen LogP contribution is 2.45. The van der Waals surface area contributed by atoms with Crippen LogP contribution in [0.2, 0.25) is 0 Å². The zero-order valence-corrected chi connectivity index (χ0v) is 70.1. The van der Waals surface area contributed by atoms with Gasteiger partial charge >= 0.3 is 39.5 Å². The van der Waals surface area contributed by atoms with E-state index in [9.17, 15) is 43.2 Å². The van der Waals surface area contributed by atoms with Gasteiger partial charge in [-0.2, -0.15) is 0 Å². The fraction of sp³-hybridized carbons (Fsp3) is 0.907. The summed E-state index contributed by atoms with van der Waals surface area (Å²) in [6.45, 7) is 7.36. The number of hydrogen-bond acceptors (Lipinski definition) is 15. The third-order valence-electron chi connectivity index (χ3n) is 20.0. The number of rotatable bonds is 84. The Kier molecular flexibility index (Phi) is 76.4. The van der Waals surface area contributed by atoms with Crippen LogP contribution in [0, 0.1) is 5.92 Å². The Labute approximate surface area is 643 Å². The quantitative estimate of drug-likeness (QED) is 0.0169. The number of phosphoric acid groups is 2. The number of phosphoric ester groups is 2. The first-order valence-corrected chi connectivity index (χ1v) is 47.0. The molecule has 0 aromatic rings. The first-order valence-electron chi connectivity index (χ1n) is 44.0. The SMILES string of the molecule is CCCCCC/C=C\C=C/CCCCCCCC(=O)O[C@H](COC(=O)CCCCCCCCCCCCCC)COP(=O)(O)OC[C@H](O)COP(=O)(O)OC[C@@H](COC(=O)CCCCCCCCCCCCCCCCCC)OC(=O)CCCCCCCCCCCCCCCCCCCCC(C)CC. The molecule has 0 aliphatic rings. The molecule has 0 amide bonds. The molecule has 0 aliphatic heterocycles. The smallest absolute Gasteiger partial charge is 0.462 e. The monoisotopic (exact) mass is 1530 g/mol. The number of aliphatic hydroxyl groups is 1. The molecule has 0 rings (SSSR count). The number of carbonyl (C=O) groups is 4. The van der Waals surface area contributed by atoms with Gasteiger partial charge in [-0.15, -0.1) is 0 Å². The number of allylic oxidation sites excluding steroid dienone is 4. The molecule has 6 atom stereocenters. The zero-order valence-electron chi connectivity index (χ0n) is 68.4. The Morgan fingerprint density at radius 2 is 0.533 bits per heavy atom. The molecule has 0 aliphatic carbocycles. The molecule has 0 heterocycles. The van der Waals surface area contributed by atoms with Crippen LogP contribution in [0.4, 0.5) is 0 Å². The van der Waals surface area contributed by atoms with Gasteiger partial charge in [0.2, 0.25) is 0 Å². The summed E-state index contributed by atoms with van der Waals surface area (Å²) in [7, 11) is -9.94. The largest absolute Gasteiger partial charge is 0.472 e. The van der Waals surface area contributed by atoms with Crippen molar-refractivity contribution in [2.45, 2.75) is 457 Å². The van der Waals surface area contributed by atoms with Crippen molar-refractivity contribution in [3.8, 4) is 0 Å². The maximum atomic E-state index is 13.1. The van der Waals surface area contributed by atoms with Crippen molar-refractivity contribution < 1.29 is 80.2 Å². The molecule has 0 spiro atoms. The Morgan fingerprint density at radius 3 is 0.810 bits per heavy atom. The molecule has 17 nitrogen and oxygen atoms in total. The highest BCUT2D eigenvalue weighted by Gasteiger charge is 2.30. The average Bonchev–Trinajstić information content (AvgIpc) is 0.995. The molecule has 3 unspecified atom stereocenters. The summed E-state index contributed by atoms with van der Waals surface area (Å²) in [5.41, 5.74) is 0. The average molecular weight is 1530 g/mol. The molecular weight excluding hydrogens is 1370 g/mol. The molecule has 0 saturated carbocycles. The van der Waals surface area contributed by atoms with Crippen LogP contribution in [0.25, 0.3) is 0 Å². The van der Waals surface area contributed by atoms with Gasteiger partial charge in [0.15, 0.2) is 12.2 Å². The Morgan fingerprint density at radius 1 is 0.305 bits per heavy atom. The van der Waals surface area contributed by atoms with Gasteiger partial charge in [-0.1, -0.05) is 386 Å². The minimum atomic E-state index is -4.97. The van der Waals surface area contributed by atoms with Crippen molar-refractivity contribution in [2.75, 3.05) is 39.6 Å². The molecular formula is C86H164O17P2. The summed E-state index contributed by atoms with van der Waals surface area (Å²) in [4.78, 5) is 73.2. The number of carbonyl (C=O) groups excluding carboxylic acids is 4. The molecule has 0 saturated heterocycles. The lowest BCUT2D eigenvalue weighted by Gasteiger charge is -2.21. The van der Waals surface area contributed by atoms with Gasteiger partial charge < -0.3 is 33.8 Å². The predicted octanol–water partition coefficient (Wildman–Crippen LogP) is 25.9. The first kappa shape index (κ1) is 103. The second kappa shape index (κ2) is 78.2. The molecule has 0 bridgehead atoms. The minimum absolute atomic E-state index is 0.0859. The number of hydrogen-bond donors (Lipinski definition) is 3. The van der Waals surface area contributed by atoms with E-state index in [1.54, 1.807) is 0 Å². The van der Waals surface area contributed by atoms with Gasteiger partial charge in [-0.25, -0.2) is 9.13 Å². The van der Waals surface area contributed by atoms with Crippen LogP contribution >= 0.6 is 15.6 Å². The fourth-order valence-electron chi connectivity index (χ4n) is 12.9. The van der Waals surface area contributed by atoms with E-state index in [4.69, 9.17) is 37.0 Å². The van der Waals surface area contributed by atoms with Crippen LogP contribution in [0.5, 0.6) is 0 Å². The summed E-state index contributed by atoms with van der Waals surface area (Å²) < 4.78 is 68.8. The summed E-state index contributed by atoms with van der Waals surface area (Å²) in [6, 6.07) is 0. The Bertz CT molecular complexity index is 2090. The van der Waals surface area contributed by atoms with Crippen molar-refractivity contribution in [1.82, 2.24) is 0 Å². The number of esters is 4. The molecule has 0 radical (unpaired) electrons. The topological polar surface area (TPSA) is 237 Å². The molecule has 105 heavy (non-hydrogen) atoms. The van der Waals surface area contributed by atoms with Gasteiger partial charge in [-0.3, -0.25) is 37.3 Å². The van der Waals surface area contributed by atoms with Crippen molar-refractivity contribution in [3.63, 3.8) is 0 Å². The summed E-state index contributed by atoms with van der Waals surface area (Å²) in [5, 5.41) is 10.7. The van der Waals surface area contributed by atoms with E-state index in [-0.39, 0.29) is 25.7 Å². The second-order valence-electron chi connectivity index (χ2n) is 30.5. The van der Waals surface area contributed by atoms with E-state index in [0.29, 0.717) is 25.7 Å². The molecule has 0 aromatic carbocycles. The van der Waals surface area contributed by atoms with E-state index in [2.05, 4.69) is 58.9 Å². The van der Waals surface area contributed by atoms with E-state index >= 15 is 0 Å². The van der Waals surface area contributed by atoms with Crippen LogP contribution in [-0.4, -0.2) is 96.7 Å². The van der Waals surface area contributed by atoms with Crippen molar-refractivity contribution in [1.29, 1.82) is 0 Å². The van der Waals surface area contributed by atoms with Gasteiger partial charge in [0.25, 0.3) is 0 Å². The van der Waals surface area contributed by atoms with Gasteiger partial charge in [0, 0.05) is 25.7 Å². The standard InChI is InChI=1S/C86H164O17P2/c1-6-10-13-16-19-22-25-28-30-37-40-45-50-55-60-65-70-84(89)97-76-82(103-86(91)72-67-62-57-52-47-42-38-34-32-31-33-36-39-43-48-53-58-63-68-79(5)9-4)78-101-105(94,95)99-74-80(87)73-98-104(92,93)100-77-81(75-96-83(88)69-64-59-54-49-44-27-24-21-18-15-12-8-3)102-85(90)71-66-61-56-51-46-41-35-29-26-23-20-17-14-11-7-2/h23,26,29,35,79-82,87H,6-22,24-25,27-28,30-34,36-78H2,1-5H3,(H,92,93)(H,94,95)/b26-23-,35-29-/t79?,80-,81+,82+/m0/s1. The summed E-state index contributed by atoms with van der Waals surface area (Å²) in [6.07, 6.45) is 74.2. The van der Waals surface area contributed by atoms with Crippen molar-refractivity contribution >= 4 is 39.5 Å². The first-order chi connectivity index (χ1) is 51.1. The maximum absolute atomic E-state index is 13.1. The minimum Gasteiger partial charge on any atom is -0.462 e. The highest BCUT2D eigenvalue weighted by molar-refractivity contribution is 7.47. The summed E-state index contributed by atoms with van der Waals surface area (Å²) in [5.74, 6) is -1.26. The van der Waals surface area contributed by atoms with Crippen molar-refractivity contribution in [3.05, 3.63) is 24.3 Å². The van der Waals surface area contributed by atoms with Gasteiger partial charge in [-0.05, 0) is 57.3 Å². The highest BCUT2D eigenvalue weighted by atomic mass is 31.2. The van der Waals surface area contributed by atoms with E-state index < -0.39 is 97.5 Å². The van der Waals surface area contributed by atoms with E-state index in [0.717, 1.165) is 109 Å². The third-order valence-corrected chi connectivity index (χ3v) is 21.9. The maximum Gasteiger partial charge on any atom is 0.472 e. The molecule has 19 heteroatoms. The lowest BCUT2D eigenvalue weighted by molar-refractivity contribution is -0.161. The molecule has 620 valence electrons. The Balaban J connectivity index is 5.27. The van der Waals surface area contributed by atoms with Crippen LogP contribution in [-0.2, 0) is 65.4 Å². The lowest BCUT2D eigenvalue weighted by atomic mass is 9.99. The van der Waals surface area contributed by atoms with Crippen LogP contribution in [0.1, 0.15) is 439 Å². The zero-order chi connectivity index (χ0) is 76.9. The van der Waals surface area contributed by atoms with E-state index in [1.165, 1.54) is 250 Å². The fourth-order valence-corrected chi connectivity index (χ4v) is 14.5. The molecule has 0 aromatic heterocycles. The van der Waals surface area contributed by atoms with Gasteiger partial charge in [0.1, 0.15) is 19.3 Å². The van der Waals surface area contributed by atoms with Crippen molar-refractivity contribution in [2.24, 2.45) is 5.92 Å². The number of unbranched alkanes of at least 4 members (excludes halogenated alkanes) is 52. The summed E-state index contributed by atoms with van der Waals surface area (Å²) >= 11 is 0. The Hall–Kier alpha value is -2.46. The van der Waals surface area contributed by atoms with Crippen LogP contribution in [0.3, 0.4) is 0 Å². The molecule has 3 N–H and O–H groups in total. The van der Waals surface area contributed by atoms with Crippen LogP contribution in [0.15, 0.2) is 24.3 Å². The second-order valence-corrected chi connectivity index (χ2v) is 33.4. The molecule has 0 fully saturated rings. The number of aliphatic hydroxyl groups excluding tert-OH is 1. The van der Waals surface area contributed by atoms with E-state index in [1.807, 2.05) is 0 Å². The normalized spacial score (nSPS) is 14.2. The predicted molar refractivity (Wildman–Crippen MR) is 432 cm³/mol.